The van der Waals surface area contributed by atoms with Crippen LogP contribution in [0.25, 0.3) is 0 Å². The second-order valence-electron chi connectivity index (χ2n) is 6.37. The van der Waals surface area contributed by atoms with Crippen LogP contribution in [0.15, 0.2) is 24.4 Å². The summed E-state index contributed by atoms with van der Waals surface area (Å²) in [5.41, 5.74) is 4.83. The van der Waals surface area contributed by atoms with Crippen LogP contribution in [0.2, 0.25) is 10.0 Å². The molecular formula is C17H16Cl2F3N5O. The second kappa shape index (κ2) is 8.00. The number of carbonyl (C=O) groups is 1. The highest BCUT2D eigenvalue weighted by atomic mass is 35.5. The van der Waals surface area contributed by atoms with E-state index in [0.717, 1.165) is 6.20 Å². The molecule has 1 unspecified atom stereocenters. The standard InChI is InChI=1S/C17H16Cl2F3N5O/c18-12-4-3-10(6-13(12)19)25-16-24-7-11(17(20,21)22)15(26-16)27-5-1-2-9(8-27)14(23)28/h3-4,6-7,9H,1-2,5,8H2,(H2,23,28)(H,24,25,26). The average molecular weight is 434 g/mol. The van der Waals surface area contributed by atoms with Gasteiger partial charge < -0.3 is 16.0 Å². The van der Waals surface area contributed by atoms with E-state index in [4.69, 9.17) is 28.9 Å². The molecule has 3 rings (SSSR count). The minimum atomic E-state index is -4.64. The summed E-state index contributed by atoms with van der Waals surface area (Å²) in [6.45, 7) is 0.401. The number of nitrogens with two attached hydrogens (primary N) is 1. The lowest BCUT2D eigenvalue weighted by Crippen LogP contribution is -2.42. The summed E-state index contributed by atoms with van der Waals surface area (Å²) in [6, 6.07) is 4.65. The molecule has 1 saturated heterocycles. The van der Waals surface area contributed by atoms with Crippen LogP contribution in [0.4, 0.5) is 30.6 Å². The first-order chi connectivity index (χ1) is 13.1. The van der Waals surface area contributed by atoms with Crippen LogP contribution < -0.4 is 16.0 Å². The number of aromatic nitrogens is 2. The Morgan fingerprint density at radius 2 is 2.04 bits per heavy atom. The van der Waals surface area contributed by atoms with Gasteiger partial charge in [-0.1, -0.05) is 23.2 Å². The van der Waals surface area contributed by atoms with Gasteiger partial charge in [-0.2, -0.15) is 18.2 Å². The van der Waals surface area contributed by atoms with E-state index in [9.17, 15) is 18.0 Å². The number of halogens is 5. The highest BCUT2D eigenvalue weighted by molar-refractivity contribution is 6.42. The molecule has 0 spiro atoms. The third kappa shape index (κ3) is 4.59. The molecule has 1 aliphatic rings. The van der Waals surface area contributed by atoms with E-state index in [1.165, 1.54) is 11.0 Å². The summed E-state index contributed by atoms with van der Waals surface area (Å²) in [5.74, 6) is -1.41. The number of carbonyl (C=O) groups excluding carboxylic acids is 1. The maximum Gasteiger partial charge on any atom is 0.421 e. The van der Waals surface area contributed by atoms with Gasteiger partial charge in [0.1, 0.15) is 11.4 Å². The minimum absolute atomic E-state index is 0.0393. The van der Waals surface area contributed by atoms with Crippen molar-refractivity contribution in [2.24, 2.45) is 11.7 Å². The number of piperidine rings is 1. The Morgan fingerprint density at radius 1 is 1.29 bits per heavy atom. The number of alkyl halides is 3. The molecule has 150 valence electrons. The third-order valence-electron chi connectivity index (χ3n) is 4.37. The van der Waals surface area contributed by atoms with Gasteiger partial charge in [0.2, 0.25) is 11.9 Å². The van der Waals surface area contributed by atoms with Gasteiger partial charge in [0.25, 0.3) is 0 Å². The summed E-state index contributed by atoms with van der Waals surface area (Å²) < 4.78 is 40.4. The molecule has 1 aromatic carbocycles. The number of anilines is 3. The van der Waals surface area contributed by atoms with E-state index in [0.29, 0.717) is 30.1 Å². The van der Waals surface area contributed by atoms with Crippen LogP contribution in [0.1, 0.15) is 18.4 Å². The first kappa shape index (κ1) is 20.5. The van der Waals surface area contributed by atoms with Crippen LogP contribution >= 0.6 is 23.2 Å². The normalized spacial score (nSPS) is 17.5. The fourth-order valence-corrected chi connectivity index (χ4v) is 3.28. The molecule has 2 aromatic rings. The fourth-order valence-electron chi connectivity index (χ4n) is 2.98. The van der Waals surface area contributed by atoms with Gasteiger partial charge in [-0.05, 0) is 31.0 Å². The fraction of sp³-hybridized carbons (Fsp3) is 0.353. The van der Waals surface area contributed by atoms with E-state index in [2.05, 4.69) is 15.3 Å². The predicted molar refractivity (Wildman–Crippen MR) is 101 cm³/mol. The molecule has 1 fully saturated rings. The lowest BCUT2D eigenvalue weighted by atomic mass is 9.97. The topological polar surface area (TPSA) is 84.1 Å². The first-order valence-corrected chi connectivity index (χ1v) is 9.11. The molecule has 1 aromatic heterocycles. The number of benzene rings is 1. The van der Waals surface area contributed by atoms with Crippen molar-refractivity contribution < 1.29 is 18.0 Å². The molecule has 0 saturated carbocycles. The Bertz CT molecular complexity index is 894. The molecule has 11 heteroatoms. The number of rotatable bonds is 4. The monoisotopic (exact) mass is 433 g/mol. The molecule has 2 heterocycles. The zero-order valence-corrected chi connectivity index (χ0v) is 15.9. The van der Waals surface area contributed by atoms with Crippen molar-refractivity contribution in [2.45, 2.75) is 19.0 Å². The van der Waals surface area contributed by atoms with Crippen molar-refractivity contribution in [3.63, 3.8) is 0 Å². The van der Waals surface area contributed by atoms with Gasteiger partial charge in [0, 0.05) is 25.0 Å². The highest BCUT2D eigenvalue weighted by Gasteiger charge is 2.38. The van der Waals surface area contributed by atoms with Crippen molar-refractivity contribution in [3.8, 4) is 0 Å². The number of nitrogens with one attached hydrogen (secondary N) is 1. The van der Waals surface area contributed by atoms with Crippen LogP contribution in [-0.2, 0) is 11.0 Å². The van der Waals surface area contributed by atoms with E-state index >= 15 is 0 Å². The van der Waals surface area contributed by atoms with E-state index < -0.39 is 23.6 Å². The van der Waals surface area contributed by atoms with E-state index in [-0.39, 0.29) is 23.3 Å². The Labute approximate surface area is 168 Å². The number of hydrogen-bond acceptors (Lipinski definition) is 5. The lowest BCUT2D eigenvalue weighted by molar-refractivity contribution is -0.137. The molecule has 28 heavy (non-hydrogen) atoms. The summed E-state index contributed by atoms with van der Waals surface area (Å²) in [4.78, 5) is 20.7. The van der Waals surface area contributed by atoms with Gasteiger partial charge in [-0.25, -0.2) is 4.98 Å². The van der Waals surface area contributed by atoms with Gasteiger partial charge in [-0.15, -0.1) is 0 Å². The van der Waals surface area contributed by atoms with Crippen LogP contribution in [0, 0.1) is 5.92 Å². The number of primary amides is 1. The molecule has 1 aliphatic heterocycles. The summed E-state index contributed by atoms with van der Waals surface area (Å²) >= 11 is 11.8. The maximum atomic E-state index is 13.5. The Morgan fingerprint density at radius 3 is 2.68 bits per heavy atom. The zero-order valence-electron chi connectivity index (χ0n) is 14.4. The largest absolute Gasteiger partial charge is 0.421 e. The lowest BCUT2D eigenvalue weighted by Gasteiger charge is -2.33. The molecule has 0 bridgehead atoms. The molecule has 0 radical (unpaired) electrons. The van der Waals surface area contributed by atoms with Gasteiger partial charge in [0.05, 0.1) is 16.0 Å². The molecule has 0 aliphatic carbocycles. The summed E-state index contributed by atoms with van der Waals surface area (Å²) in [7, 11) is 0. The quantitative estimate of drug-likeness (QED) is 0.752. The van der Waals surface area contributed by atoms with Gasteiger partial charge >= 0.3 is 6.18 Å². The van der Waals surface area contributed by atoms with Crippen LogP contribution in [0.3, 0.4) is 0 Å². The smallest absolute Gasteiger partial charge is 0.369 e. The predicted octanol–water partition coefficient (Wildman–Crippen LogP) is 4.25. The van der Waals surface area contributed by atoms with Gasteiger partial charge in [0.15, 0.2) is 0 Å². The molecule has 6 nitrogen and oxygen atoms in total. The van der Waals surface area contributed by atoms with E-state index in [1.54, 1.807) is 12.1 Å². The zero-order chi connectivity index (χ0) is 20.5. The number of hydrogen-bond donors (Lipinski definition) is 2. The number of nitrogens with zero attached hydrogens (tertiary/aromatic N) is 3. The average Bonchev–Trinajstić information content (AvgIpc) is 2.64. The van der Waals surface area contributed by atoms with Crippen LogP contribution in [0.5, 0.6) is 0 Å². The molecule has 1 amide bonds. The van der Waals surface area contributed by atoms with Crippen molar-refractivity contribution in [1.82, 2.24) is 9.97 Å². The van der Waals surface area contributed by atoms with E-state index in [1.807, 2.05) is 0 Å². The first-order valence-electron chi connectivity index (χ1n) is 8.35. The van der Waals surface area contributed by atoms with Crippen molar-refractivity contribution in [2.75, 3.05) is 23.3 Å². The van der Waals surface area contributed by atoms with Crippen molar-refractivity contribution in [3.05, 3.63) is 40.0 Å². The minimum Gasteiger partial charge on any atom is -0.369 e. The second-order valence-corrected chi connectivity index (χ2v) is 7.18. The van der Waals surface area contributed by atoms with Crippen LogP contribution in [-0.4, -0.2) is 29.0 Å². The Kier molecular flexibility index (Phi) is 5.85. The van der Waals surface area contributed by atoms with Gasteiger partial charge in [-0.3, -0.25) is 4.79 Å². The third-order valence-corrected chi connectivity index (χ3v) is 5.11. The van der Waals surface area contributed by atoms with Crippen molar-refractivity contribution in [1.29, 1.82) is 0 Å². The highest BCUT2D eigenvalue weighted by Crippen LogP contribution is 2.37. The summed E-state index contributed by atoms with van der Waals surface area (Å²) in [6.07, 6.45) is -2.86. The molecular weight excluding hydrogens is 418 g/mol. The Hall–Kier alpha value is -2.26. The van der Waals surface area contributed by atoms with Crippen molar-refractivity contribution >= 4 is 46.6 Å². The maximum absolute atomic E-state index is 13.5. The molecule has 1 atom stereocenters. The molecule has 3 N–H and O–H groups in total. The summed E-state index contributed by atoms with van der Waals surface area (Å²) in [5, 5.41) is 3.43. The SMILES string of the molecule is NC(=O)C1CCCN(c2nc(Nc3ccc(Cl)c(Cl)c3)ncc2C(F)(F)F)C1. The Balaban J connectivity index is 1.95. The number of amides is 1.